The number of alkyl carbamates (subject to hydrolysis) is 1. The number of ether oxygens (including phenoxy) is 1. The highest BCUT2D eigenvalue weighted by Crippen LogP contribution is 2.16. The molecule has 0 radical (unpaired) electrons. The summed E-state index contributed by atoms with van der Waals surface area (Å²) < 4.78 is 5.19. The molecule has 0 aliphatic heterocycles. The normalized spacial score (nSPS) is 13.5. The molecule has 0 bridgehead atoms. The fourth-order valence-corrected chi connectivity index (χ4v) is 2.34. The van der Waals surface area contributed by atoms with Gasteiger partial charge in [-0.25, -0.2) is 9.78 Å². The minimum atomic E-state index is -0.955. The molecule has 0 saturated carbocycles. The Kier molecular flexibility index (Phi) is 6.97. The van der Waals surface area contributed by atoms with Crippen molar-refractivity contribution < 1.29 is 14.3 Å². The van der Waals surface area contributed by atoms with Gasteiger partial charge in [0.2, 0.25) is 5.91 Å². The number of thiazole rings is 1. The summed E-state index contributed by atoms with van der Waals surface area (Å²) in [7, 11) is 0. The lowest BCUT2D eigenvalue weighted by molar-refractivity contribution is -0.124. The molecule has 1 aromatic heterocycles. The summed E-state index contributed by atoms with van der Waals surface area (Å²) in [5.74, 6) is -0.413. The standard InChI is InChI=1S/C15H22N4O3S/c1-5-10(6-7-16)18-13(20)12(11-8-23-9-17-11)19-14(21)22-15(2,3)4/h8-10,12H,5-6H2,1-4H3,(H,18,20)(H,19,21). The Hall–Kier alpha value is -2.14. The Bertz CT molecular complexity index is 560. The number of carbonyl (C=O) groups excluding carboxylic acids is 2. The quantitative estimate of drug-likeness (QED) is 0.829. The van der Waals surface area contributed by atoms with Gasteiger partial charge in [0.15, 0.2) is 6.04 Å². The Balaban J connectivity index is 2.83. The number of rotatable bonds is 6. The van der Waals surface area contributed by atoms with Gasteiger partial charge in [0, 0.05) is 11.4 Å². The first-order chi connectivity index (χ1) is 10.8. The predicted octanol–water partition coefficient (Wildman–Crippen LogP) is 2.52. The van der Waals surface area contributed by atoms with Crippen LogP contribution in [0.1, 0.15) is 52.3 Å². The van der Waals surface area contributed by atoms with Crippen LogP contribution in [0.25, 0.3) is 0 Å². The van der Waals surface area contributed by atoms with Gasteiger partial charge in [-0.05, 0) is 27.2 Å². The third-order valence-corrected chi connectivity index (χ3v) is 3.45. The molecule has 2 N–H and O–H groups in total. The van der Waals surface area contributed by atoms with E-state index in [1.807, 2.05) is 13.0 Å². The van der Waals surface area contributed by atoms with E-state index < -0.39 is 23.6 Å². The minimum Gasteiger partial charge on any atom is -0.444 e. The van der Waals surface area contributed by atoms with Crippen LogP contribution in [-0.4, -0.2) is 28.6 Å². The van der Waals surface area contributed by atoms with Crippen LogP contribution in [0.2, 0.25) is 0 Å². The zero-order valence-electron chi connectivity index (χ0n) is 13.8. The third-order valence-electron chi connectivity index (χ3n) is 2.85. The molecule has 2 atom stereocenters. The highest BCUT2D eigenvalue weighted by molar-refractivity contribution is 7.07. The molecule has 2 unspecified atom stereocenters. The van der Waals surface area contributed by atoms with Crippen molar-refractivity contribution in [3.63, 3.8) is 0 Å². The molecule has 1 rings (SSSR count). The third kappa shape index (κ3) is 6.65. The van der Waals surface area contributed by atoms with Crippen molar-refractivity contribution in [1.82, 2.24) is 15.6 Å². The van der Waals surface area contributed by atoms with Crippen molar-refractivity contribution in [2.24, 2.45) is 0 Å². The molecule has 0 spiro atoms. The molecule has 8 heteroatoms. The van der Waals surface area contributed by atoms with Crippen LogP contribution in [0.4, 0.5) is 4.79 Å². The SMILES string of the molecule is CCC(CC#N)NC(=O)C(NC(=O)OC(C)(C)C)c1cscn1. The van der Waals surface area contributed by atoms with Crippen molar-refractivity contribution in [2.75, 3.05) is 0 Å². The summed E-state index contributed by atoms with van der Waals surface area (Å²) in [6, 6.07) is 0.805. The second kappa shape index (κ2) is 8.48. The van der Waals surface area contributed by atoms with E-state index in [9.17, 15) is 9.59 Å². The van der Waals surface area contributed by atoms with Crippen molar-refractivity contribution in [2.45, 2.75) is 58.2 Å². The van der Waals surface area contributed by atoms with Crippen LogP contribution < -0.4 is 10.6 Å². The number of hydrogen-bond donors (Lipinski definition) is 2. The van der Waals surface area contributed by atoms with Crippen LogP contribution in [-0.2, 0) is 9.53 Å². The maximum atomic E-state index is 12.5. The first-order valence-electron chi connectivity index (χ1n) is 7.31. The summed E-state index contributed by atoms with van der Waals surface area (Å²) in [6.45, 7) is 7.10. The lowest BCUT2D eigenvalue weighted by atomic mass is 10.1. The topological polar surface area (TPSA) is 104 Å². The summed E-state index contributed by atoms with van der Waals surface area (Å²) in [4.78, 5) is 28.5. The molecule has 23 heavy (non-hydrogen) atoms. The zero-order chi connectivity index (χ0) is 17.5. The van der Waals surface area contributed by atoms with Crippen LogP contribution in [0.5, 0.6) is 0 Å². The number of hydrogen-bond acceptors (Lipinski definition) is 6. The molecule has 7 nitrogen and oxygen atoms in total. The first kappa shape index (κ1) is 18.9. The monoisotopic (exact) mass is 338 g/mol. The van der Waals surface area contributed by atoms with Gasteiger partial charge in [-0.1, -0.05) is 6.92 Å². The van der Waals surface area contributed by atoms with Gasteiger partial charge in [0.1, 0.15) is 5.60 Å². The van der Waals surface area contributed by atoms with E-state index in [4.69, 9.17) is 10.00 Å². The van der Waals surface area contributed by atoms with E-state index in [0.29, 0.717) is 12.1 Å². The van der Waals surface area contributed by atoms with Crippen LogP contribution in [0.3, 0.4) is 0 Å². The van der Waals surface area contributed by atoms with Gasteiger partial charge in [0.25, 0.3) is 0 Å². The van der Waals surface area contributed by atoms with Gasteiger partial charge in [0.05, 0.1) is 23.7 Å². The molecule has 2 amide bonds. The van der Waals surface area contributed by atoms with E-state index in [2.05, 4.69) is 15.6 Å². The average Bonchev–Trinajstić information content (AvgIpc) is 2.96. The highest BCUT2D eigenvalue weighted by Gasteiger charge is 2.28. The van der Waals surface area contributed by atoms with E-state index in [-0.39, 0.29) is 12.5 Å². The van der Waals surface area contributed by atoms with Crippen molar-refractivity contribution in [1.29, 1.82) is 5.26 Å². The van der Waals surface area contributed by atoms with E-state index >= 15 is 0 Å². The number of nitrogens with one attached hydrogen (secondary N) is 2. The highest BCUT2D eigenvalue weighted by atomic mass is 32.1. The molecule has 1 heterocycles. The van der Waals surface area contributed by atoms with E-state index in [0.717, 1.165) is 0 Å². The van der Waals surface area contributed by atoms with Gasteiger partial charge < -0.3 is 15.4 Å². The van der Waals surface area contributed by atoms with Crippen LogP contribution in [0.15, 0.2) is 10.9 Å². The van der Waals surface area contributed by atoms with Gasteiger partial charge in [-0.15, -0.1) is 11.3 Å². The first-order valence-corrected chi connectivity index (χ1v) is 8.26. The molecule has 0 aliphatic carbocycles. The lowest BCUT2D eigenvalue weighted by Gasteiger charge is -2.23. The molecule has 126 valence electrons. The Morgan fingerprint density at radius 3 is 2.61 bits per heavy atom. The number of carbonyl (C=O) groups is 2. The van der Waals surface area contributed by atoms with Crippen molar-refractivity contribution in [3.05, 3.63) is 16.6 Å². The maximum Gasteiger partial charge on any atom is 0.408 e. The molecule has 0 fully saturated rings. The summed E-state index contributed by atoms with van der Waals surface area (Å²) in [5, 5.41) is 15.8. The molecule has 0 aromatic carbocycles. The van der Waals surface area contributed by atoms with E-state index in [1.54, 1.807) is 31.7 Å². The molecular formula is C15H22N4O3S. The van der Waals surface area contributed by atoms with Gasteiger partial charge >= 0.3 is 6.09 Å². The van der Waals surface area contributed by atoms with E-state index in [1.165, 1.54) is 11.3 Å². The number of amides is 2. The summed E-state index contributed by atoms with van der Waals surface area (Å²) >= 11 is 1.32. The zero-order valence-corrected chi connectivity index (χ0v) is 14.6. The second-order valence-electron chi connectivity index (χ2n) is 5.97. The number of nitriles is 1. The minimum absolute atomic E-state index is 0.207. The number of nitrogens with zero attached hydrogens (tertiary/aromatic N) is 2. The summed E-state index contributed by atoms with van der Waals surface area (Å²) in [6.07, 6.45) is 0.132. The Labute approximate surface area is 140 Å². The molecular weight excluding hydrogens is 316 g/mol. The maximum absolute atomic E-state index is 12.5. The fraction of sp³-hybridized carbons (Fsp3) is 0.600. The average molecular weight is 338 g/mol. The summed E-state index contributed by atoms with van der Waals surface area (Å²) in [5.41, 5.74) is 1.35. The number of aromatic nitrogens is 1. The largest absolute Gasteiger partial charge is 0.444 e. The Morgan fingerprint density at radius 2 is 2.13 bits per heavy atom. The van der Waals surface area contributed by atoms with Crippen molar-refractivity contribution in [3.8, 4) is 6.07 Å². The van der Waals surface area contributed by atoms with Crippen LogP contribution in [0, 0.1) is 11.3 Å². The molecule has 0 saturated heterocycles. The smallest absolute Gasteiger partial charge is 0.408 e. The fourth-order valence-electron chi connectivity index (χ4n) is 1.76. The lowest BCUT2D eigenvalue weighted by Crippen LogP contribution is -2.45. The Morgan fingerprint density at radius 1 is 1.43 bits per heavy atom. The van der Waals surface area contributed by atoms with Gasteiger partial charge in [-0.2, -0.15) is 5.26 Å². The molecule has 0 aliphatic rings. The molecule has 1 aromatic rings. The second-order valence-corrected chi connectivity index (χ2v) is 6.69. The van der Waals surface area contributed by atoms with Crippen LogP contribution >= 0.6 is 11.3 Å². The predicted molar refractivity (Wildman–Crippen MR) is 86.7 cm³/mol. The van der Waals surface area contributed by atoms with Crippen molar-refractivity contribution >= 4 is 23.3 Å². The van der Waals surface area contributed by atoms with Gasteiger partial charge in [-0.3, -0.25) is 4.79 Å².